The molecule has 0 N–H and O–H groups in total. The number of aliphatic imine (C=N–C) groups is 1. The van der Waals surface area contributed by atoms with Crippen LogP contribution in [0, 0.1) is 0 Å². The number of carbonyl (C=O) groups excluding carboxylic acids is 1. The first-order valence-electron chi connectivity index (χ1n) is 4.66. The van der Waals surface area contributed by atoms with Crippen LogP contribution in [-0.2, 0) is 17.0 Å². The van der Waals surface area contributed by atoms with E-state index in [1.807, 2.05) is 12.1 Å². The SMILES string of the molecule is O=C=NC1(c2ccc(CF)c(Br)c2)CC1. The van der Waals surface area contributed by atoms with E-state index in [-0.39, 0.29) is 5.54 Å². The highest BCUT2D eigenvalue weighted by Gasteiger charge is 2.44. The lowest BCUT2D eigenvalue weighted by molar-refractivity contribution is 0.483. The third-order valence-corrected chi connectivity index (χ3v) is 3.46. The van der Waals surface area contributed by atoms with Crippen molar-refractivity contribution in [1.29, 1.82) is 0 Å². The van der Waals surface area contributed by atoms with Crippen LogP contribution in [0.3, 0.4) is 0 Å². The maximum absolute atomic E-state index is 12.5. The molecule has 2 nitrogen and oxygen atoms in total. The van der Waals surface area contributed by atoms with Crippen LogP contribution in [0.1, 0.15) is 24.0 Å². The van der Waals surface area contributed by atoms with Gasteiger partial charge < -0.3 is 0 Å². The summed E-state index contributed by atoms with van der Waals surface area (Å²) in [6.07, 6.45) is 3.33. The van der Waals surface area contributed by atoms with E-state index in [0.29, 0.717) is 5.56 Å². The zero-order chi connectivity index (χ0) is 10.9. The van der Waals surface area contributed by atoms with E-state index in [9.17, 15) is 9.18 Å². The van der Waals surface area contributed by atoms with Crippen molar-refractivity contribution in [3.05, 3.63) is 33.8 Å². The van der Waals surface area contributed by atoms with Crippen molar-refractivity contribution in [2.45, 2.75) is 25.1 Å². The van der Waals surface area contributed by atoms with E-state index in [0.717, 1.165) is 22.9 Å². The van der Waals surface area contributed by atoms with Crippen molar-refractivity contribution in [2.24, 2.45) is 4.99 Å². The summed E-state index contributed by atoms with van der Waals surface area (Å²) >= 11 is 3.30. The fourth-order valence-electron chi connectivity index (χ4n) is 1.62. The molecule has 0 bridgehead atoms. The molecule has 15 heavy (non-hydrogen) atoms. The van der Waals surface area contributed by atoms with Crippen LogP contribution in [-0.4, -0.2) is 6.08 Å². The number of rotatable bonds is 3. The van der Waals surface area contributed by atoms with Crippen LogP contribution in [0.5, 0.6) is 0 Å². The van der Waals surface area contributed by atoms with Gasteiger partial charge in [0, 0.05) is 4.47 Å². The van der Waals surface area contributed by atoms with Gasteiger partial charge in [0.25, 0.3) is 0 Å². The van der Waals surface area contributed by atoms with Gasteiger partial charge in [0.05, 0.1) is 5.54 Å². The minimum absolute atomic E-state index is 0.376. The lowest BCUT2D eigenvalue weighted by Crippen LogP contribution is -2.02. The third-order valence-electron chi connectivity index (χ3n) is 2.72. The molecule has 78 valence electrons. The molecule has 0 heterocycles. The summed E-state index contributed by atoms with van der Waals surface area (Å²) in [5.41, 5.74) is 1.19. The van der Waals surface area contributed by atoms with E-state index in [1.165, 1.54) is 0 Å². The van der Waals surface area contributed by atoms with Gasteiger partial charge >= 0.3 is 0 Å². The molecular formula is C11H9BrFNO. The van der Waals surface area contributed by atoms with Gasteiger partial charge in [-0.15, -0.1) is 0 Å². The van der Waals surface area contributed by atoms with Gasteiger partial charge in [-0.1, -0.05) is 28.1 Å². The van der Waals surface area contributed by atoms with Crippen LogP contribution in [0.25, 0.3) is 0 Å². The smallest absolute Gasteiger partial charge is 0.235 e. The predicted octanol–water partition coefficient (Wildman–Crippen LogP) is 3.24. The number of halogens is 2. The zero-order valence-electron chi connectivity index (χ0n) is 7.96. The highest BCUT2D eigenvalue weighted by Crippen LogP contribution is 2.49. The molecule has 1 aromatic rings. The first kappa shape index (κ1) is 10.5. The fraction of sp³-hybridized carbons (Fsp3) is 0.364. The quantitative estimate of drug-likeness (QED) is 0.612. The average Bonchev–Trinajstić information content (AvgIpc) is 2.99. The van der Waals surface area contributed by atoms with E-state index in [1.54, 1.807) is 12.1 Å². The Hall–Kier alpha value is -0.990. The van der Waals surface area contributed by atoms with Gasteiger partial charge in [-0.3, -0.25) is 0 Å². The molecular weight excluding hydrogens is 261 g/mol. The lowest BCUT2D eigenvalue weighted by atomic mass is 10.0. The number of isocyanates is 1. The molecule has 1 fully saturated rings. The monoisotopic (exact) mass is 269 g/mol. The molecule has 0 radical (unpaired) electrons. The second kappa shape index (κ2) is 3.87. The number of alkyl halides is 1. The van der Waals surface area contributed by atoms with Gasteiger partial charge in [-0.05, 0) is 30.0 Å². The standard InChI is InChI=1S/C11H9BrFNO/c12-10-5-9(2-1-8(10)6-13)11(3-4-11)14-7-15/h1-2,5H,3-4,6H2. The zero-order valence-corrected chi connectivity index (χ0v) is 9.55. The molecule has 0 aliphatic heterocycles. The molecule has 1 saturated carbocycles. The Morgan fingerprint density at radius 3 is 2.73 bits per heavy atom. The predicted molar refractivity (Wildman–Crippen MR) is 58.0 cm³/mol. The van der Waals surface area contributed by atoms with Gasteiger partial charge in [-0.25, -0.2) is 9.18 Å². The molecule has 2 rings (SSSR count). The number of benzene rings is 1. The molecule has 1 aromatic carbocycles. The Morgan fingerprint density at radius 2 is 2.27 bits per heavy atom. The molecule has 0 amide bonds. The number of nitrogens with zero attached hydrogens (tertiary/aromatic N) is 1. The molecule has 0 aromatic heterocycles. The van der Waals surface area contributed by atoms with E-state index < -0.39 is 6.67 Å². The number of hydrogen-bond acceptors (Lipinski definition) is 2. The summed E-state index contributed by atoms with van der Waals surface area (Å²) < 4.78 is 13.2. The molecule has 4 heteroatoms. The summed E-state index contributed by atoms with van der Waals surface area (Å²) in [5, 5.41) is 0. The Labute approximate surface area is 95.3 Å². The molecule has 0 unspecified atom stereocenters. The molecule has 0 atom stereocenters. The normalized spacial score (nSPS) is 16.9. The fourth-order valence-corrected chi connectivity index (χ4v) is 2.10. The van der Waals surface area contributed by atoms with Crippen molar-refractivity contribution in [1.82, 2.24) is 0 Å². The van der Waals surface area contributed by atoms with Crippen LogP contribution < -0.4 is 0 Å². The Kier molecular flexibility index (Phi) is 2.72. The molecule has 0 saturated heterocycles. The molecule has 0 spiro atoms. The van der Waals surface area contributed by atoms with E-state index >= 15 is 0 Å². The van der Waals surface area contributed by atoms with Gasteiger partial charge in [-0.2, -0.15) is 4.99 Å². The topological polar surface area (TPSA) is 29.4 Å². The highest BCUT2D eigenvalue weighted by molar-refractivity contribution is 9.10. The second-order valence-electron chi connectivity index (χ2n) is 3.67. The second-order valence-corrected chi connectivity index (χ2v) is 4.53. The van der Waals surface area contributed by atoms with E-state index in [4.69, 9.17) is 0 Å². The minimum Gasteiger partial charge on any atom is -0.246 e. The lowest BCUT2D eigenvalue weighted by Gasteiger charge is -2.09. The van der Waals surface area contributed by atoms with Crippen LogP contribution >= 0.6 is 15.9 Å². The minimum atomic E-state index is -0.495. The highest BCUT2D eigenvalue weighted by atomic mass is 79.9. The Balaban J connectivity index is 2.38. The maximum Gasteiger partial charge on any atom is 0.235 e. The first-order valence-corrected chi connectivity index (χ1v) is 5.45. The van der Waals surface area contributed by atoms with Crippen LogP contribution in [0.4, 0.5) is 4.39 Å². The van der Waals surface area contributed by atoms with Crippen molar-refractivity contribution < 1.29 is 9.18 Å². The average molecular weight is 270 g/mol. The summed E-state index contributed by atoms with van der Waals surface area (Å²) in [6, 6.07) is 5.38. The molecule has 1 aliphatic carbocycles. The van der Waals surface area contributed by atoms with E-state index in [2.05, 4.69) is 20.9 Å². The van der Waals surface area contributed by atoms with Gasteiger partial charge in [0.2, 0.25) is 6.08 Å². The van der Waals surface area contributed by atoms with Gasteiger partial charge in [0.15, 0.2) is 0 Å². The van der Waals surface area contributed by atoms with Crippen molar-refractivity contribution >= 4 is 22.0 Å². The third kappa shape index (κ3) is 1.87. The van der Waals surface area contributed by atoms with Gasteiger partial charge in [0.1, 0.15) is 6.67 Å². The Morgan fingerprint density at radius 1 is 1.53 bits per heavy atom. The first-order chi connectivity index (χ1) is 7.22. The maximum atomic E-state index is 12.5. The summed E-state index contributed by atoms with van der Waals surface area (Å²) in [7, 11) is 0. The summed E-state index contributed by atoms with van der Waals surface area (Å²) in [4.78, 5) is 14.1. The number of hydrogen-bond donors (Lipinski definition) is 0. The van der Waals surface area contributed by atoms with Crippen molar-refractivity contribution in [3.8, 4) is 0 Å². The van der Waals surface area contributed by atoms with Crippen molar-refractivity contribution in [3.63, 3.8) is 0 Å². The summed E-state index contributed by atoms with van der Waals surface area (Å²) in [6.45, 7) is -0.495. The summed E-state index contributed by atoms with van der Waals surface area (Å²) in [5.74, 6) is 0. The van der Waals surface area contributed by atoms with Crippen LogP contribution in [0.15, 0.2) is 27.7 Å². The van der Waals surface area contributed by atoms with Crippen LogP contribution in [0.2, 0.25) is 0 Å². The Bertz CT molecular complexity index is 436. The van der Waals surface area contributed by atoms with Crippen molar-refractivity contribution in [2.75, 3.05) is 0 Å². The largest absolute Gasteiger partial charge is 0.246 e. The molecule has 1 aliphatic rings.